The third-order valence-corrected chi connectivity index (χ3v) is 4.31. The number of hydrogen-bond donors (Lipinski definition) is 1. The second-order valence-electron chi connectivity index (χ2n) is 5.12. The van der Waals surface area contributed by atoms with Crippen LogP contribution in [0.2, 0.25) is 0 Å². The highest BCUT2D eigenvalue weighted by Crippen LogP contribution is 2.29. The van der Waals surface area contributed by atoms with E-state index in [1.165, 1.54) is 11.5 Å². The number of nitrogens with one attached hydrogen (secondary N) is 1. The minimum Gasteiger partial charge on any atom is -0.497 e. The van der Waals surface area contributed by atoms with Gasteiger partial charge in [-0.3, -0.25) is 9.20 Å². The van der Waals surface area contributed by atoms with Crippen LogP contribution < -0.4 is 20.5 Å². The van der Waals surface area contributed by atoms with Crippen molar-refractivity contribution in [1.82, 2.24) is 14.4 Å². The van der Waals surface area contributed by atoms with Gasteiger partial charge in [0.05, 0.1) is 25.7 Å². The van der Waals surface area contributed by atoms with Gasteiger partial charge in [-0.1, -0.05) is 17.8 Å². The van der Waals surface area contributed by atoms with Crippen molar-refractivity contribution in [2.75, 3.05) is 25.3 Å². The normalized spacial score (nSPS) is 10.5. The van der Waals surface area contributed by atoms with Crippen LogP contribution in [0.5, 0.6) is 11.5 Å². The maximum Gasteiger partial charge on any atom is 0.355 e. The van der Waals surface area contributed by atoms with Gasteiger partial charge in [-0.2, -0.15) is 4.98 Å². The number of hydrogen-bond acceptors (Lipinski definition) is 7. The van der Waals surface area contributed by atoms with Crippen molar-refractivity contribution in [3.8, 4) is 11.5 Å². The van der Waals surface area contributed by atoms with Gasteiger partial charge in [0.25, 0.3) is 0 Å². The van der Waals surface area contributed by atoms with Crippen molar-refractivity contribution < 1.29 is 14.3 Å². The number of ether oxygens (including phenoxy) is 2. The summed E-state index contributed by atoms with van der Waals surface area (Å²) in [5.74, 6) is 0.880. The molecule has 3 aromatic rings. The van der Waals surface area contributed by atoms with Gasteiger partial charge < -0.3 is 14.8 Å². The minimum absolute atomic E-state index is 0.0445. The highest BCUT2D eigenvalue weighted by atomic mass is 32.2. The van der Waals surface area contributed by atoms with E-state index < -0.39 is 5.69 Å². The summed E-state index contributed by atoms with van der Waals surface area (Å²) in [6.07, 6.45) is 1.59. The average Bonchev–Trinajstić information content (AvgIpc) is 2.66. The molecule has 8 nitrogen and oxygen atoms in total. The molecule has 0 saturated heterocycles. The van der Waals surface area contributed by atoms with Crippen molar-refractivity contribution >= 4 is 29.0 Å². The van der Waals surface area contributed by atoms with Crippen LogP contribution in [0.3, 0.4) is 0 Å². The molecular formula is C17H16N4O4S. The van der Waals surface area contributed by atoms with E-state index in [4.69, 9.17) is 9.47 Å². The lowest BCUT2D eigenvalue weighted by molar-refractivity contribution is -0.113. The molecule has 1 amide bonds. The van der Waals surface area contributed by atoms with Gasteiger partial charge in [0.2, 0.25) is 5.91 Å². The van der Waals surface area contributed by atoms with Crippen molar-refractivity contribution in [3.63, 3.8) is 0 Å². The van der Waals surface area contributed by atoms with Gasteiger partial charge in [-0.25, -0.2) is 9.78 Å². The summed E-state index contributed by atoms with van der Waals surface area (Å²) >= 11 is 1.08. The lowest BCUT2D eigenvalue weighted by Crippen LogP contribution is -2.20. The predicted octanol–water partition coefficient (Wildman–Crippen LogP) is 1.84. The van der Waals surface area contributed by atoms with Crippen molar-refractivity contribution in [2.24, 2.45) is 0 Å². The Labute approximate surface area is 153 Å². The van der Waals surface area contributed by atoms with Crippen LogP contribution in [-0.4, -0.2) is 40.2 Å². The molecule has 26 heavy (non-hydrogen) atoms. The summed E-state index contributed by atoms with van der Waals surface area (Å²) in [4.78, 5) is 32.3. The highest BCUT2D eigenvalue weighted by Gasteiger charge is 2.11. The Kier molecular flexibility index (Phi) is 5.37. The number of thioether (sulfide) groups is 1. The van der Waals surface area contributed by atoms with E-state index in [9.17, 15) is 9.59 Å². The van der Waals surface area contributed by atoms with Crippen LogP contribution >= 0.6 is 11.8 Å². The molecule has 0 aliphatic rings. The smallest absolute Gasteiger partial charge is 0.355 e. The summed E-state index contributed by atoms with van der Waals surface area (Å²) in [5.41, 5.74) is 0.537. The van der Waals surface area contributed by atoms with Crippen LogP contribution in [-0.2, 0) is 4.79 Å². The standard InChI is InChI=1S/C17H16N4O4S/c1-24-11-6-7-13(25-2)12(9-11)18-15(22)10-26-16-19-14-5-3-4-8-21(14)17(23)20-16/h3-9H,10H2,1-2H3,(H,18,22). The van der Waals surface area contributed by atoms with Crippen LogP contribution in [0.15, 0.2) is 52.5 Å². The van der Waals surface area contributed by atoms with E-state index in [1.807, 2.05) is 0 Å². The summed E-state index contributed by atoms with van der Waals surface area (Å²) in [7, 11) is 3.06. The molecule has 1 aromatic carbocycles. The molecule has 0 saturated carbocycles. The second-order valence-corrected chi connectivity index (χ2v) is 6.06. The number of aromatic nitrogens is 3. The fourth-order valence-electron chi connectivity index (χ4n) is 2.24. The van der Waals surface area contributed by atoms with Gasteiger partial charge >= 0.3 is 5.69 Å². The van der Waals surface area contributed by atoms with E-state index in [-0.39, 0.29) is 16.8 Å². The molecule has 0 aliphatic heterocycles. The molecule has 3 rings (SSSR count). The van der Waals surface area contributed by atoms with Crippen molar-refractivity contribution in [3.05, 3.63) is 53.1 Å². The quantitative estimate of drug-likeness (QED) is 0.660. The molecule has 0 spiro atoms. The average molecular weight is 372 g/mol. The number of carbonyl (C=O) groups is 1. The maximum absolute atomic E-state index is 12.2. The molecule has 9 heteroatoms. The number of anilines is 1. The highest BCUT2D eigenvalue weighted by molar-refractivity contribution is 7.99. The lowest BCUT2D eigenvalue weighted by atomic mass is 10.2. The number of methoxy groups -OCH3 is 2. The summed E-state index contributed by atoms with van der Waals surface area (Å²) in [5, 5.41) is 3.00. The molecular weight excluding hydrogens is 356 g/mol. The molecule has 0 aliphatic carbocycles. The molecule has 0 radical (unpaired) electrons. The Balaban J connectivity index is 1.71. The van der Waals surface area contributed by atoms with E-state index >= 15 is 0 Å². The monoisotopic (exact) mass is 372 g/mol. The number of rotatable bonds is 6. The van der Waals surface area contributed by atoms with E-state index in [0.717, 1.165) is 11.8 Å². The largest absolute Gasteiger partial charge is 0.497 e. The van der Waals surface area contributed by atoms with E-state index in [2.05, 4.69) is 15.3 Å². The summed E-state index contributed by atoms with van der Waals surface area (Å²) < 4.78 is 11.7. The van der Waals surface area contributed by atoms with E-state index in [0.29, 0.717) is 22.8 Å². The van der Waals surface area contributed by atoms with Crippen LogP contribution in [0, 0.1) is 0 Å². The first-order valence-electron chi connectivity index (χ1n) is 7.61. The van der Waals surface area contributed by atoms with Crippen LogP contribution in [0.4, 0.5) is 5.69 Å². The Morgan fingerprint density at radius 1 is 1.19 bits per heavy atom. The van der Waals surface area contributed by atoms with Gasteiger partial charge in [-0.15, -0.1) is 0 Å². The zero-order valence-electron chi connectivity index (χ0n) is 14.1. The number of fused-ring (bicyclic) bond motifs is 1. The summed E-state index contributed by atoms with van der Waals surface area (Å²) in [6.45, 7) is 0. The number of benzene rings is 1. The van der Waals surface area contributed by atoms with Gasteiger partial charge in [0.1, 0.15) is 17.1 Å². The lowest BCUT2D eigenvalue weighted by Gasteiger charge is -2.11. The summed E-state index contributed by atoms with van der Waals surface area (Å²) in [6, 6.07) is 10.3. The first kappa shape index (κ1) is 17.7. The molecule has 0 unspecified atom stereocenters. The van der Waals surface area contributed by atoms with Crippen LogP contribution in [0.25, 0.3) is 5.65 Å². The Bertz CT molecular complexity index is 1010. The van der Waals surface area contributed by atoms with Crippen LogP contribution in [0.1, 0.15) is 0 Å². The zero-order chi connectivity index (χ0) is 18.5. The molecule has 0 fully saturated rings. The first-order valence-corrected chi connectivity index (χ1v) is 8.59. The first-order chi connectivity index (χ1) is 12.6. The Hall–Kier alpha value is -3.07. The second kappa shape index (κ2) is 7.87. The molecule has 0 bridgehead atoms. The fraction of sp³-hybridized carbons (Fsp3) is 0.176. The number of nitrogens with zero attached hydrogens (tertiary/aromatic N) is 3. The fourth-order valence-corrected chi connectivity index (χ4v) is 2.87. The third kappa shape index (κ3) is 3.94. The minimum atomic E-state index is -0.437. The van der Waals surface area contributed by atoms with Crippen molar-refractivity contribution in [1.29, 1.82) is 0 Å². The number of amides is 1. The van der Waals surface area contributed by atoms with Crippen molar-refractivity contribution in [2.45, 2.75) is 5.16 Å². The topological polar surface area (TPSA) is 94.8 Å². The maximum atomic E-state index is 12.2. The van der Waals surface area contributed by atoms with Gasteiger partial charge in [-0.05, 0) is 24.3 Å². The van der Waals surface area contributed by atoms with E-state index in [1.54, 1.807) is 49.7 Å². The SMILES string of the molecule is COc1ccc(OC)c(NC(=O)CSc2nc(=O)n3ccccc3n2)c1. The van der Waals surface area contributed by atoms with Gasteiger partial charge in [0, 0.05) is 12.3 Å². The molecule has 0 atom stereocenters. The predicted molar refractivity (Wildman–Crippen MR) is 98.2 cm³/mol. The number of carbonyl (C=O) groups excluding carboxylic acids is 1. The molecule has 134 valence electrons. The Morgan fingerprint density at radius 3 is 2.81 bits per heavy atom. The zero-order valence-corrected chi connectivity index (χ0v) is 14.9. The molecule has 2 aromatic heterocycles. The molecule has 1 N–H and O–H groups in total. The number of pyridine rings is 1. The molecule has 2 heterocycles. The van der Waals surface area contributed by atoms with Gasteiger partial charge in [0.15, 0.2) is 5.16 Å². The third-order valence-electron chi connectivity index (χ3n) is 3.46. The Morgan fingerprint density at radius 2 is 2.04 bits per heavy atom.